The number of likely N-dealkylation sites (tertiary alicyclic amines) is 1. The maximum Gasteiger partial charge on any atom is 0.178 e. The van der Waals surface area contributed by atoms with Crippen molar-refractivity contribution < 1.29 is 0 Å². The van der Waals surface area contributed by atoms with Crippen LogP contribution in [0.2, 0.25) is 0 Å². The molecule has 0 unspecified atom stereocenters. The molecule has 0 bridgehead atoms. The Morgan fingerprint density at radius 1 is 0.963 bits per heavy atom. The summed E-state index contributed by atoms with van der Waals surface area (Å²) in [4.78, 5) is 15.6. The molecule has 0 amide bonds. The van der Waals surface area contributed by atoms with Crippen molar-refractivity contribution in [1.29, 1.82) is 0 Å². The Morgan fingerprint density at radius 2 is 1.78 bits per heavy atom. The molecule has 0 atom stereocenters. The number of benzene rings is 2. The van der Waals surface area contributed by atoms with Crippen LogP contribution in [0.1, 0.15) is 12.8 Å². The molecule has 0 aliphatic carbocycles. The zero-order chi connectivity index (χ0) is 18.1. The van der Waals surface area contributed by atoms with E-state index in [0.29, 0.717) is 0 Å². The van der Waals surface area contributed by atoms with Crippen molar-refractivity contribution in [2.75, 3.05) is 31.5 Å². The predicted molar refractivity (Wildman–Crippen MR) is 111 cm³/mol. The van der Waals surface area contributed by atoms with Gasteiger partial charge in [-0.1, -0.05) is 30.3 Å². The summed E-state index contributed by atoms with van der Waals surface area (Å²) >= 11 is 0. The van der Waals surface area contributed by atoms with Gasteiger partial charge >= 0.3 is 0 Å². The van der Waals surface area contributed by atoms with E-state index in [1.165, 1.54) is 31.3 Å². The van der Waals surface area contributed by atoms with Crippen molar-refractivity contribution in [2.45, 2.75) is 12.8 Å². The summed E-state index contributed by atoms with van der Waals surface area (Å²) in [6.45, 7) is 4.38. The summed E-state index contributed by atoms with van der Waals surface area (Å²) in [5.41, 5.74) is 3.02. The van der Waals surface area contributed by atoms with Gasteiger partial charge in [-0.25, -0.2) is 9.97 Å². The third kappa shape index (κ3) is 3.26. The summed E-state index contributed by atoms with van der Waals surface area (Å²) in [6, 6.07) is 18.6. The summed E-state index contributed by atoms with van der Waals surface area (Å²) in [7, 11) is 0. The van der Waals surface area contributed by atoms with E-state index in [-0.39, 0.29) is 0 Å². The number of hydrogen-bond donors (Lipinski definition) is 2. The Bertz CT molecular complexity index is 1050. The second kappa shape index (κ2) is 7.00. The van der Waals surface area contributed by atoms with Crippen LogP contribution >= 0.6 is 0 Å². The van der Waals surface area contributed by atoms with Crippen LogP contribution in [0.3, 0.4) is 0 Å². The van der Waals surface area contributed by atoms with E-state index in [2.05, 4.69) is 45.5 Å². The monoisotopic (exact) mass is 357 g/mol. The summed E-state index contributed by atoms with van der Waals surface area (Å²) in [5.74, 6) is 1.64. The minimum Gasteiger partial charge on any atom is -0.368 e. The molecule has 4 aromatic rings. The summed E-state index contributed by atoms with van der Waals surface area (Å²) < 4.78 is 0. The van der Waals surface area contributed by atoms with Gasteiger partial charge in [0.25, 0.3) is 0 Å². The number of nitrogens with one attached hydrogen (secondary N) is 2. The molecule has 1 saturated heterocycles. The third-order valence-electron chi connectivity index (χ3n) is 5.29. The van der Waals surface area contributed by atoms with Gasteiger partial charge in [0, 0.05) is 29.4 Å². The predicted octanol–water partition coefficient (Wildman–Crippen LogP) is 4.29. The molecule has 5 heteroatoms. The highest BCUT2D eigenvalue weighted by molar-refractivity contribution is 5.91. The first kappa shape index (κ1) is 16.3. The molecule has 1 fully saturated rings. The van der Waals surface area contributed by atoms with Gasteiger partial charge in [0.1, 0.15) is 5.82 Å². The van der Waals surface area contributed by atoms with Gasteiger partial charge < -0.3 is 15.2 Å². The van der Waals surface area contributed by atoms with Crippen LogP contribution in [-0.4, -0.2) is 46.0 Å². The maximum atomic E-state index is 4.86. The third-order valence-corrected chi connectivity index (χ3v) is 5.29. The first-order valence-electron chi connectivity index (χ1n) is 9.68. The average Bonchev–Trinajstić information content (AvgIpc) is 3.37. The van der Waals surface area contributed by atoms with Crippen molar-refractivity contribution in [3.05, 3.63) is 54.6 Å². The van der Waals surface area contributed by atoms with Crippen LogP contribution in [0.25, 0.3) is 33.3 Å². The van der Waals surface area contributed by atoms with Crippen LogP contribution in [0, 0.1) is 0 Å². The molecule has 136 valence electrons. The highest BCUT2D eigenvalue weighted by Crippen LogP contribution is 2.26. The van der Waals surface area contributed by atoms with Crippen LogP contribution in [0.4, 0.5) is 5.82 Å². The summed E-state index contributed by atoms with van der Waals surface area (Å²) in [5, 5.41) is 5.79. The van der Waals surface area contributed by atoms with Crippen molar-refractivity contribution in [3.8, 4) is 11.5 Å². The van der Waals surface area contributed by atoms with E-state index in [1.54, 1.807) is 0 Å². The first-order chi connectivity index (χ1) is 13.4. The molecule has 5 nitrogen and oxygen atoms in total. The topological polar surface area (TPSA) is 56.8 Å². The standard InChI is InChI=1S/C22H23N5/c1-3-9-18-16(7-1)15-20(24-18)22-25-19-10-4-2-8-17(19)21(26-22)23-11-14-27-12-5-6-13-27/h1-4,7-10,15,24H,5-6,11-14H2,(H,23,25,26). The number of aromatic nitrogens is 3. The van der Waals surface area contributed by atoms with Gasteiger partial charge in [0.2, 0.25) is 0 Å². The molecule has 2 aromatic carbocycles. The number of hydrogen-bond acceptors (Lipinski definition) is 4. The van der Waals surface area contributed by atoms with Gasteiger partial charge in [0.05, 0.1) is 11.2 Å². The molecule has 5 rings (SSSR count). The first-order valence-corrected chi connectivity index (χ1v) is 9.68. The zero-order valence-electron chi connectivity index (χ0n) is 15.3. The quantitative estimate of drug-likeness (QED) is 0.559. The fourth-order valence-electron chi connectivity index (χ4n) is 3.86. The van der Waals surface area contributed by atoms with Crippen LogP contribution in [-0.2, 0) is 0 Å². The Labute approximate surface area is 158 Å². The molecule has 3 heterocycles. The smallest absolute Gasteiger partial charge is 0.178 e. The molecule has 2 N–H and O–H groups in total. The normalized spacial score (nSPS) is 15.0. The molecule has 0 radical (unpaired) electrons. The second-order valence-corrected chi connectivity index (χ2v) is 7.16. The molecule has 2 aromatic heterocycles. The molecular weight excluding hydrogens is 334 g/mol. The highest BCUT2D eigenvalue weighted by Gasteiger charge is 2.13. The largest absolute Gasteiger partial charge is 0.368 e. The summed E-state index contributed by atoms with van der Waals surface area (Å²) in [6.07, 6.45) is 2.64. The second-order valence-electron chi connectivity index (χ2n) is 7.16. The minimum absolute atomic E-state index is 0.730. The van der Waals surface area contributed by atoms with Crippen molar-refractivity contribution in [3.63, 3.8) is 0 Å². The lowest BCUT2D eigenvalue weighted by molar-refractivity contribution is 0.352. The fourth-order valence-corrected chi connectivity index (χ4v) is 3.86. The van der Waals surface area contributed by atoms with Crippen LogP contribution in [0.5, 0.6) is 0 Å². The number of anilines is 1. The maximum absolute atomic E-state index is 4.86. The number of fused-ring (bicyclic) bond motifs is 2. The number of rotatable bonds is 5. The van der Waals surface area contributed by atoms with E-state index in [1.807, 2.05) is 24.3 Å². The molecule has 0 saturated carbocycles. The number of nitrogens with zero attached hydrogens (tertiary/aromatic N) is 3. The lowest BCUT2D eigenvalue weighted by Gasteiger charge is -2.16. The number of para-hydroxylation sites is 2. The SMILES string of the molecule is c1ccc2[nH]c(-c3nc(NCCN4CCCC4)c4ccccc4n3)cc2c1. The average molecular weight is 357 g/mol. The lowest BCUT2D eigenvalue weighted by Crippen LogP contribution is -2.26. The van der Waals surface area contributed by atoms with Gasteiger partial charge in [-0.15, -0.1) is 0 Å². The minimum atomic E-state index is 0.730. The van der Waals surface area contributed by atoms with Crippen LogP contribution in [0.15, 0.2) is 54.6 Å². The van der Waals surface area contributed by atoms with E-state index < -0.39 is 0 Å². The Morgan fingerprint density at radius 3 is 2.67 bits per heavy atom. The van der Waals surface area contributed by atoms with E-state index in [4.69, 9.17) is 9.97 Å². The van der Waals surface area contributed by atoms with E-state index in [0.717, 1.165) is 46.8 Å². The highest BCUT2D eigenvalue weighted by atomic mass is 15.2. The van der Waals surface area contributed by atoms with Gasteiger partial charge in [-0.2, -0.15) is 0 Å². The Hall–Kier alpha value is -2.92. The van der Waals surface area contributed by atoms with Crippen molar-refractivity contribution >= 4 is 27.6 Å². The van der Waals surface area contributed by atoms with E-state index >= 15 is 0 Å². The Balaban J connectivity index is 1.49. The fraction of sp³-hybridized carbons (Fsp3) is 0.273. The molecule has 27 heavy (non-hydrogen) atoms. The van der Waals surface area contributed by atoms with Gasteiger partial charge in [-0.3, -0.25) is 0 Å². The molecule has 0 spiro atoms. The van der Waals surface area contributed by atoms with E-state index in [9.17, 15) is 0 Å². The molecule has 1 aliphatic heterocycles. The van der Waals surface area contributed by atoms with Gasteiger partial charge in [-0.05, 0) is 50.2 Å². The lowest BCUT2D eigenvalue weighted by atomic mass is 10.2. The van der Waals surface area contributed by atoms with Crippen LogP contribution < -0.4 is 5.32 Å². The Kier molecular flexibility index (Phi) is 4.22. The number of H-pyrrole nitrogens is 1. The van der Waals surface area contributed by atoms with Crippen molar-refractivity contribution in [2.24, 2.45) is 0 Å². The molecular formula is C22H23N5. The molecule has 1 aliphatic rings. The van der Waals surface area contributed by atoms with Crippen molar-refractivity contribution in [1.82, 2.24) is 19.9 Å². The van der Waals surface area contributed by atoms with Gasteiger partial charge in [0.15, 0.2) is 5.82 Å². The zero-order valence-corrected chi connectivity index (χ0v) is 15.3. The number of aromatic amines is 1.